The molecule has 114 valence electrons. The highest BCUT2D eigenvalue weighted by atomic mass is 19.1. The van der Waals surface area contributed by atoms with Gasteiger partial charge in [0.05, 0.1) is 5.69 Å². The molecule has 0 atom stereocenters. The van der Waals surface area contributed by atoms with Gasteiger partial charge in [-0.15, -0.1) is 0 Å². The number of anilines is 1. The van der Waals surface area contributed by atoms with Crippen LogP contribution < -0.4 is 10.2 Å². The molecule has 1 rings (SSSR count). The van der Waals surface area contributed by atoms with E-state index in [4.69, 9.17) is 0 Å². The van der Waals surface area contributed by atoms with Crippen molar-refractivity contribution in [2.75, 3.05) is 25.0 Å². The first-order chi connectivity index (χ1) is 9.19. The molecule has 0 heterocycles. The van der Waals surface area contributed by atoms with Crippen molar-refractivity contribution in [2.24, 2.45) is 11.3 Å². The molecular weight excluding hydrogens is 251 g/mol. The Hall–Kier alpha value is -1.09. The molecule has 0 saturated carbocycles. The Kier molecular flexibility index (Phi) is 6.00. The molecule has 1 aromatic rings. The Morgan fingerprint density at radius 1 is 1.25 bits per heavy atom. The molecule has 0 aliphatic rings. The molecule has 0 spiro atoms. The second kappa shape index (κ2) is 7.07. The lowest BCUT2D eigenvalue weighted by molar-refractivity contribution is 0.417. The maximum Gasteiger partial charge on any atom is 0.146 e. The van der Waals surface area contributed by atoms with Crippen LogP contribution in [0.2, 0.25) is 0 Å². The summed E-state index contributed by atoms with van der Waals surface area (Å²) >= 11 is 0. The van der Waals surface area contributed by atoms with E-state index in [1.165, 1.54) is 0 Å². The first kappa shape index (κ1) is 17.0. The molecule has 0 aliphatic carbocycles. The van der Waals surface area contributed by atoms with E-state index in [1.54, 1.807) is 6.07 Å². The first-order valence-electron chi connectivity index (χ1n) is 7.39. The van der Waals surface area contributed by atoms with Gasteiger partial charge in [0.2, 0.25) is 0 Å². The van der Waals surface area contributed by atoms with Crippen LogP contribution in [0.25, 0.3) is 0 Å². The molecule has 2 nitrogen and oxygen atoms in total. The summed E-state index contributed by atoms with van der Waals surface area (Å²) in [5.74, 6) is 0.470. The number of rotatable bonds is 6. The topological polar surface area (TPSA) is 15.3 Å². The third kappa shape index (κ3) is 5.91. The van der Waals surface area contributed by atoms with Gasteiger partial charge >= 0.3 is 0 Å². The minimum atomic E-state index is -0.138. The Bertz CT molecular complexity index is 421. The largest absolute Gasteiger partial charge is 0.372 e. The molecule has 1 aromatic carbocycles. The number of hydrogen-bond donors (Lipinski definition) is 1. The summed E-state index contributed by atoms with van der Waals surface area (Å²) in [6, 6.07) is 5.53. The lowest BCUT2D eigenvalue weighted by Gasteiger charge is -2.28. The van der Waals surface area contributed by atoms with Crippen LogP contribution in [-0.4, -0.2) is 20.1 Å². The average molecular weight is 280 g/mol. The van der Waals surface area contributed by atoms with Gasteiger partial charge in [-0.3, -0.25) is 0 Å². The molecule has 0 aliphatic heterocycles. The van der Waals surface area contributed by atoms with Crippen molar-refractivity contribution in [1.29, 1.82) is 0 Å². The maximum absolute atomic E-state index is 14.2. The third-order valence-electron chi connectivity index (χ3n) is 3.02. The van der Waals surface area contributed by atoms with E-state index in [1.807, 2.05) is 24.1 Å². The summed E-state index contributed by atoms with van der Waals surface area (Å²) in [5.41, 5.74) is 1.82. The molecule has 0 aromatic heterocycles. The zero-order valence-corrected chi connectivity index (χ0v) is 13.8. The van der Waals surface area contributed by atoms with Crippen LogP contribution in [0.3, 0.4) is 0 Å². The summed E-state index contributed by atoms with van der Waals surface area (Å²) in [4.78, 5) is 1.99. The highest BCUT2D eigenvalue weighted by Gasteiger charge is 2.16. The van der Waals surface area contributed by atoms with Crippen molar-refractivity contribution in [3.05, 3.63) is 29.6 Å². The Morgan fingerprint density at radius 3 is 2.40 bits per heavy atom. The lowest BCUT2D eigenvalue weighted by Crippen LogP contribution is -2.29. The zero-order valence-electron chi connectivity index (χ0n) is 13.8. The molecule has 0 fully saturated rings. The Labute approximate surface area is 123 Å². The van der Waals surface area contributed by atoms with E-state index in [9.17, 15) is 4.39 Å². The fraction of sp³-hybridized carbons (Fsp3) is 0.647. The van der Waals surface area contributed by atoms with Crippen LogP contribution in [-0.2, 0) is 6.54 Å². The van der Waals surface area contributed by atoms with Crippen LogP contribution in [0.15, 0.2) is 18.2 Å². The van der Waals surface area contributed by atoms with E-state index in [2.05, 4.69) is 39.9 Å². The summed E-state index contributed by atoms with van der Waals surface area (Å²) in [6.45, 7) is 13.3. The smallest absolute Gasteiger partial charge is 0.146 e. The quantitative estimate of drug-likeness (QED) is 0.845. The summed E-state index contributed by atoms with van der Waals surface area (Å²) in [5, 5.41) is 3.33. The summed E-state index contributed by atoms with van der Waals surface area (Å²) < 4.78 is 14.2. The van der Waals surface area contributed by atoms with Crippen LogP contribution in [0.4, 0.5) is 10.1 Å². The molecule has 0 saturated heterocycles. The van der Waals surface area contributed by atoms with Crippen molar-refractivity contribution in [1.82, 2.24) is 5.32 Å². The van der Waals surface area contributed by atoms with E-state index < -0.39 is 0 Å². The van der Waals surface area contributed by atoms with E-state index >= 15 is 0 Å². The Morgan fingerprint density at radius 2 is 1.90 bits per heavy atom. The molecule has 0 amide bonds. The number of nitrogens with zero attached hydrogens (tertiary/aromatic N) is 1. The van der Waals surface area contributed by atoms with Gasteiger partial charge in [-0.1, -0.05) is 40.7 Å². The number of nitrogens with one attached hydrogen (secondary N) is 1. The average Bonchev–Trinajstić information content (AvgIpc) is 2.25. The van der Waals surface area contributed by atoms with E-state index in [0.717, 1.165) is 25.2 Å². The molecular formula is C17H29FN2. The van der Waals surface area contributed by atoms with Crippen molar-refractivity contribution in [2.45, 2.75) is 41.2 Å². The fourth-order valence-corrected chi connectivity index (χ4v) is 2.27. The molecule has 1 N–H and O–H groups in total. The molecule has 0 radical (unpaired) electrons. The van der Waals surface area contributed by atoms with Gasteiger partial charge in [0.15, 0.2) is 0 Å². The highest BCUT2D eigenvalue weighted by Crippen LogP contribution is 2.23. The van der Waals surface area contributed by atoms with Gasteiger partial charge in [0.25, 0.3) is 0 Å². The maximum atomic E-state index is 14.2. The fourth-order valence-electron chi connectivity index (χ4n) is 2.27. The standard InChI is InChI=1S/C17H29FN2/c1-13(2)10-19-11-14-7-8-16(15(18)9-14)20(6)12-17(3,4)5/h7-9,13,19H,10-12H2,1-6H3. The van der Waals surface area contributed by atoms with E-state index in [-0.39, 0.29) is 11.2 Å². The number of halogens is 1. The van der Waals surface area contributed by atoms with Gasteiger partial charge in [0, 0.05) is 20.1 Å². The lowest BCUT2D eigenvalue weighted by atomic mass is 9.96. The van der Waals surface area contributed by atoms with Crippen molar-refractivity contribution >= 4 is 5.69 Å². The third-order valence-corrected chi connectivity index (χ3v) is 3.02. The van der Waals surface area contributed by atoms with Crippen LogP contribution >= 0.6 is 0 Å². The minimum absolute atomic E-state index is 0.138. The van der Waals surface area contributed by atoms with E-state index in [0.29, 0.717) is 11.6 Å². The van der Waals surface area contributed by atoms with Gasteiger partial charge in [-0.05, 0) is 35.6 Å². The molecule has 0 unspecified atom stereocenters. The minimum Gasteiger partial charge on any atom is -0.372 e. The van der Waals surface area contributed by atoms with Crippen LogP contribution in [0.1, 0.15) is 40.2 Å². The predicted octanol–water partition coefficient (Wildman–Crippen LogP) is 4.05. The summed E-state index contributed by atoms with van der Waals surface area (Å²) in [7, 11) is 1.94. The second-order valence-corrected chi connectivity index (χ2v) is 7.23. The molecule has 3 heteroatoms. The van der Waals surface area contributed by atoms with Gasteiger partial charge < -0.3 is 10.2 Å². The highest BCUT2D eigenvalue weighted by molar-refractivity contribution is 5.48. The normalized spacial score (nSPS) is 12.0. The van der Waals surface area contributed by atoms with Gasteiger partial charge in [0.1, 0.15) is 5.82 Å². The van der Waals surface area contributed by atoms with Crippen LogP contribution in [0.5, 0.6) is 0 Å². The zero-order chi connectivity index (χ0) is 15.3. The SMILES string of the molecule is CC(C)CNCc1ccc(N(C)CC(C)(C)C)c(F)c1. The Balaban J connectivity index is 2.68. The number of hydrogen-bond acceptors (Lipinski definition) is 2. The van der Waals surface area contributed by atoms with Gasteiger partial charge in [-0.2, -0.15) is 0 Å². The van der Waals surface area contributed by atoms with Gasteiger partial charge in [-0.25, -0.2) is 4.39 Å². The van der Waals surface area contributed by atoms with Crippen LogP contribution in [0, 0.1) is 17.2 Å². The second-order valence-electron chi connectivity index (χ2n) is 7.23. The monoisotopic (exact) mass is 280 g/mol. The van der Waals surface area contributed by atoms with Crippen molar-refractivity contribution < 1.29 is 4.39 Å². The van der Waals surface area contributed by atoms with Crippen molar-refractivity contribution in [3.63, 3.8) is 0 Å². The predicted molar refractivity (Wildman–Crippen MR) is 85.7 cm³/mol. The molecule has 0 bridgehead atoms. The summed E-state index contributed by atoms with van der Waals surface area (Å²) in [6.07, 6.45) is 0. The van der Waals surface area contributed by atoms with Crippen molar-refractivity contribution in [3.8, 4) is 0 Å². The first-order valence-corrected chi connectivity index (χ1v) is 7.39. The molecule has 20 heavy (non-hydrogen) atoms. The number of benzene rings is 1.